The Labute approximate surface area is 116 Å². The molecule has 2 aromatic rings. The number of aromatic nitrogens is 4. The first-order valence-corrected chi connectivity index (χ1v) is 5.97. The Morgan fingerprint density at radius 2 is 2.38 bits per heavy atom. The molecule has 10 heteroatoms. The van der Waals surface area contributed by atoms with Crippen LogP contribution in [0.3, 0.4) is 0 Å². The molecular weight excluding hydrogens is 285 g/mol. The standard InChI is InChI=1S/C11H12FN5O4/c1-11(12)6(19)4(2-18)21-9(11)17-3-14-5-7(17)15-10(13)16-8(5)20/h3,9,18-19H,2H2,1H3,(H3,13,15,16,20)/t9-,11?/m1/s1. The summed E-state index contributed by atoms with van der Waals surface area (Å²) < 4.78 is 21.0. The number of aliphatic hydroxyl groups is 2. The fraction of sp³-hybridized carbons (Fsp3) is 0.364. The first kappa shape index (κ1) is 13.4. The van der Waals surface area contributed by atoms with Crippen LogP contribution in [0.25, 0.3) is 11.2 Å². The fourth-order valence-electron chi connectivity index (χ4n) is 2.24. The van der Waals surface area contributed by atoms with E-state index in [9.17, 15) is 14.3 Å². The molecule has 0 saturated carbocycles. The molecule has 1 unspecified atom stereocenters. The molecule has 3 rings (SSSR count). The number of ether oxygens (including phenoxy) is 1. The van der Waals surface area contributed by atoms with Crippen LogP contribution >= 0.6 is 0 Å². The van der Waals surface area contributed by atoms with Gasteiger partial charge in [0.2, 0.25) is 17.8 Å². The van der Waals surface area contributed by atoms with Gasteiger partial charge in [0.15, 0.2) is 22.7 Å². The number of imidazole rings is 1. The fourth-order valence-corrected chi connectivity index (χ4v) is 2.24. The van der Waals surface area contributed by atoms with Crippen molar-refractivity contribution in [2.24, 2.45) is 0 Å². The number of rotatable bonds is 2. The number of halogens is 1. The number of alkyl halides is 1. The van der Waals surface area contributed by atoms with Gasteiger partial charge in [-0.2, -0.15) is 4.98 Å². The third-order valence-corrected chi connectivity index (χ3v) is 3.29. The Morgan fingerprint density at radius 1 is 1.67 bits per heavy atom. The number of hydrogen-bond acceptors (Lipinski definition) is 7. The van der Waals surface area contributed by atoms with Crippen LogP contribution in [-0.2, 0) is 4.74 Å². The monoisotopic (exact) mass is 297 g/mol. The van der Waals surface area contributed by atoms with Gasteiger partial charge in [-0.3, -0.25) is 14.3 Å². The van der Waals surface area contributed by atoms with Gasteiger partial charge in [0.25, 0.3) is 5.56 Å². The van der Waals surface area contributed by atoms with Crippen molar-refractivity contribution in [1.82, 2.24) is 19.5 Å². The Balaban J connectivity index is 2.17. The Kier molecular flexibility index (Phi) is 2.66. The van der Waals surface area contributed by atoms with Crippen molar-refractivity contribution in [3.05, 3.63) is 28.2 Å². The number of hydrogen-bond donors (Lipinski definition) is 4. The summed E-state index contributed by atoms with van der Waals surface area (Å²) in [4.78, 5) is 21.7. The molecular formula is C11H12FN5O4. The highest BCUT2D eigenvalue weighted by molar-refractivity contribution is 5.70. The van der Waals surface area contributed by atoms with Gasteiger partial charge in [-0.15, -0.1) is 0 Å². The third kappa shape index (κ3) is 1.76. The molecule has 1 aliphatic heterocycles. The molecule has 0 aliphatic carbocycles. The van der Waals surface area contributed by atoms with Crippen LogP contribution in [0, 0.1) is 0 Å². The number of nitrogens with two attached hydrogens (primary N) is 1. The van der Waals surface area contributed by atoms with Crippen molar-refractivity contribution in [2.45, 2.75) is 18.8 Å². The van der Waals surface area contributed by atoms with Gasteiger partial charge in [-0.25, -0.2) is 9.37 Å². The Bertz CT molecular complexity index is 809. The predicted octanol–water partition coefficient (Wildman–Crippen LogP) is -0.279. The van der Waals surface area contributed by atoms with E-state index in [-0.39, 0.29) is 22.9 Å². The molecule has 1 aliphatic rings. The summed E-state index contributed by atoms with van der Waals surface area (Å²) in [5, 5.41) is 18.8. The second-order valence-corrected chi connectivity index (χ2v) is 4.75. The van der Waals surface area contributed by atoms with Crippen molar-refractivity contribution in [3.63, 3.8) is 0 Å². The molecule has 5 N–H and O–H groups in total. The molecule has 2 aromatic heterocycles. The molecule has 9 nitrogen and oxygen atoms in total. The molecule has 0 spiro atoms. The van der Waals surface area contributed by atoms with Crippen molar-refractivity contribution in [2.75, 3.05) is 12.3 Å². The predicted molar refractivity (Wildman–Crippen MR) is 68.9 cm³/mol. The number of nitrogens with zero attached hydrogens (tertiary/aromatic N) is 3. The highest BCUT2D eigenvalue weighted by Crippen LogP contribution is 2.43. The zero-order chi connectivity index (χ0) is 15.4. The first-order chi connectivity index (χ1) is 9.86. The minimum Gasteiger partial charge on any atom is -0.506 e. The van der Waals surface area contributed by atoms with Crippen molar-refractivity contribution in [1.29, 1.82) is 0 Å². The Morgan fingerprint density at radius 3 is 3.00 bits per heavy atom. The lowest BCUT2D eigenvalue weighted by Gasteiger charge is -2.23. The van der Waals surface area contributed by atoms with Crippen LogP contribution in [0.15, 0.2) is 22.6 Å². The van der Waals surface area contributed by atoms with Gasteiger partial charge in [-0.05, 0) is 6.92 Å². The summed E-state index contributed by atoms with van der Waals surface area (Å²) in [7, 11) is 0. The lowest BCUT2D eigenvalue weighted by molar-refractivity contribution is -0.0256. The Hall–Kier alpha value is -2.62. The second kappa shape index (κ2) is 4.19. The van der Waals surface area contributed by atoms with E-state index in [4.69, 9.17) is 15.6 Å². The smallest absolute Gasteiger partial charge is 0.280 e. The number of aromatic amines is 1. The van der Waals surface area contributed by atoms with Crippen LogP contribution in [-0.4, -0.2) is 42.0 Å². The molecule has 0 aromatic carbocycles. The van der Waals surface area contributed by atoms with Crippen LogP contribution < -0.4 is 11.3 Å². The van der Waals surface area contributed by atoms with Gasteiger partial charge in [-0.1, -0.05) is 0 Å². The summed E-state index contributed by atoms with van der Waals surface area (Å²) >= 11 is 0. The van der Waals surface area contributed by atoms with Gasteiger partial charge in [0.1, 0.15) is 12.9 Å². The average molecular weight is 297 g/mol. The van der Waals surface area contributed by atoms with E-state index in [1.54, 1.807) is 0 Å². The van der Waals surface area contributed by atoms with E-state index in [0.29, 0.717) is 0 Å². The number of fused-ring (bicyclic) bond motifs is 1. The molecule has 0 radical (unpaired) electrons. The second-order valence-electron chi connectivity index (χ2n) is 4.75. The minimum atomic E-state index is -2.31. The van der Waals surface area contributed by atoms with Crippen LogP contribution in [0.1, 0.15) is 13.2 Å². The molecule has 21 heavy (non-hydrogen) atoms. The maximum atomic E-state index is 14.7. The molecule has 0 amide bonds. The average Bonchev–Trinajstić information content (AvgIpc) is 2.91. The summed E-state index contributed by atoms with van der Waals surface area (Å²) in [6.45, 7) is 0.419. The number of H-pyrrole nitrogens is 1. The zero-order valence-electron chi connectivity index (χ0n) is 10.9. The highest BCUT2D eigenvalue weighted by atomic mass is 19.1. The largest absolute Gasteiger partial charge is 0.506 e. The molecule has 2 atom stereocenters. The summed E-state index contributed by atoms with van der Waals surface area (Å²) in [6.07, 6.45) is -0.207. The highest BCUT2D eigenvalue weighted by Gasteiger charge is 2.50. The number of anilines is 1. The van der Waals surface area contributed by atoms with Gasteiger partial charge >= 0.3 is 0 Å². The number of aliphatic hydroxyl groups excluding tert-OH is 2. The lowest BCUT2D eigenvalue weighted by Crippen LogP contribution is -2.31. The summed E-state index contributed by atoms with van der Waals surface area (Å²) in [5.74, 6) is -1.16. The number of nitrogens with one attached hydrogen (secondary N) is 1. The van der Waals surface area contributed by atoms with Crippen LogP contribution in [0.5, 0.6) is 0 Å². The van der Waals surface area contributed by atoms with E-state index in [0.717, 1.165) is 17.8 Å². The van der Waals surface area contributed by atoms with E-state index >= 15 is 0 Å². The molecule has 0 fully saturated rings. The minimum absolute atomic E-state index is 0.0112. The van der Waals surface area contributed by atoms with E-state index in [1.807, 2.05) is 0 Å². The van der Waals surface area contributed by atoms with Gasteiger partial charge in [0, 0.05) is 0 Å². The summed E-state index contributed by atoms with van der Waals surface area (Å²) in [6, 6.07) is 0. The molecule has 3 heterocycles. The zero-order valence-corrected chi connectivity index (χ0v) is 10.9. The SMILES string of the molecule is CC1(F)C(O)=C(CO)O[C@H]1n1cnc2c(=O)[nH]c(N)nc21. The number of nitrogen functional groups attached to an aromatic ring is 1. The topological polar surface area (TPSA) is 139 Å². The quantitative estimate of drug-likeness (QED) is 0.597. The lowest BCUT2D eigenvalue weighted by atomic mass is 10.1. The van der Waals surface area contributed by atoms with E-state index < -0.39 is 29.8 Å². The van der Waals surface area contributed by atoms with Gasteiger partial charge in [0.05, 0.1) is 0 Å². The van der Waals surface area contributed by atoms with Crippen molar-refractivity contribution < 1.29 is 19.3 Å². The van der Waals surface area contributed by atoms with E-state index in [2.05, 4.69) is 15.0 Å². The van der Waals surface area contributed by atoms with Gasteiger partial charge < -0.3 is 20.7 Å². The molecule has 112 valence electrons. The first-order valence-electron chi connectivity index (χ1n) is 5.97. The third-order valence-electron chi connectivity index (χ3n) is 3.29. The maximum Gasteiger partial charge on any atom is 0.280 e. The normalized spacial score (nSPS) is 25.6. The molecule has 0 saturated heterocycles. The molecule has 0 bridgehead atoms. The van der Waals surface area contributed by atoms with Crippen molar-refractivity contribution in [3.8, 4) is 0 Å². The van der Waals surface area contributed by atoms with E-state index in [1.165, 1.54) is 0 Å². The van der Waals surface area contributed by atoms with Crippen molar-refractivity contribution >= 4 is 17.1 Å². The van der Waals surface area contributed by atoms with Crippen LogP contribution in [0.2, 0.25) is 0 Å². The maximum absolute atomic E-state index is 14.7. The summed E-state index contributed by atoms with van der Waals surface area (Å²) in [5.41, 5.74) is 2.54. The van der Waals surface area contributed by atoms with Crippen LogP contribution in [0.4, 0.5) is 10.3 Å².